The van der Waals surface area contributed by atoms with Gasteiger partial charge in [0.2, 0.25) is 0 Å². The van der Waals surface area contributed by atoms with Gasteiger partial charge in [0.1, 0.15) is 0 Å². The summed E-state index contributed by atoms with van der Waals surface area (Å²) >= 11 is 0. The Morgan fingerprint density at radius 3 is 2.67 bits per heavy atom. The number of anilines is 1. The van der Waals surface area contributed by atoms with Crippen molar-refractivity contribution in [2.45, 2.75) is 26.4 Å². The van der Waals surface area contributed by atoms with Crippen LogP contribution in [-0.2, 0) is 6.54 Å². The Bertz CT molecular complexity index is 568. The molecule has 0 saturated carbocycles. The number of amides is 1. The van der Waals surface area contributed by atoms with E-state index < -0.39 is 5.91 Å². The molecule has 0 unspecified atom stereocenters. The molecule has 4 N–H and O–H groups in total. The maximum Gasteiger partial charge on any atom is 0.271 e. The molecule has 2 heterocycles. The van der Waals surface area contributed by atoms with Crippen molar-refractivity contribution in [1.82, 2.24) is 19.6 Å². The molecule has 7 nitrogen and oxygen atoms in total. The first-order valence-electron chi connectivity index (χ1n) is 5.64. The third-order valence-electron chi connectivity index (χ3n) is 2.54. The standard InChI is InChI=1S/C11H16N6O/c1-7(2)17-4-3-8(14-17)5-16-6-9(12)10(15-16)11(13)18/h3-4,6-7H,5,12H2,1-2H3,(H2,13,18). The summed E-state index contributed by atoms with van der Waals surface area (Å²) in [5.41, 5.74) is 12.0. The van der Waals surface area contributed by atoms with E-state index in [1.807, 2.05) is 30.8 Å². The van der Waals surface area contributed by atoms with Crippen molar-refractivity contribution in [2.75, 3.05) is 5.73 Å². The molecule has 1 amide bonds. The number of nitrogens with two attached hydrogens (primary N) is 2. The molecule has 7 heteroatoms. The molecule has 0 spiro atoms. The fourth-order valence-electron chi connectivity index (χ4n) is 1.62. The van der Waals surface area contributed by atoms with Gasteiger partial charge in [-0.05, 0) is 19.9 Å². The number of hydrogen-bond donors (Lipinski definition) is 2. The van der Waals surface area contributed by atoms with Crippen LogP contribution >= 0.6 is 0 Å². The van der Waals surface area contributed by atoms with Crippen LogP contribution < -0.4 is 11.5 Å². The molecule has 0 atom stereocenters. The van der Waals surface area contributed by atoms with Gasteiger partial charge in [-0.15, -0.1) is 0 Å². The van der Waals surface area contributed by atoms with E-state index in [1.54, 1.807) is 10.9 Å². The van der Waals surface area contributed by atoms with Crippen molar-refractivity contribution >= 4 is 11.6 Å². The van der Waals surface area contributed by atoms with E-state index in [0.717, 1.165) is 5.69 Å². The van der Waals surface area contributed by atoms with Crippen LogP contribution in [-0.4, -0.2) is 25.5 Å². The van der Waals surface area contributed by atoms with Crippen LogP contribution in [0.3, 0.4) is 0 Å². The SMILES string of the molecule is CC(C)n1ccc(Cn2cc(N)c(C(N)=O)n2)n1. The molecular formula is C11H16N6O. The largest absolute Gasteiger partial charge is 0.396 e. The molecule has 0 radical (unpaired) electrons. The predicted octanol–water partition coefficient (Wildman–Crippen LogP) is 0.390. The van der Waals surface area contributed by atoms with Gasteiger partial charge in [0.05, 0.1) is 17.9 Å². The smallest absolute Gasteiger partial charge is 0.271 e. The number of nitrogens with zero attached hydrogens (tertiary/aromatic N) is 4. The lowest BCUT2D eigenvalue weighted by molar-refractivity contribution is 0.0995. The molecule has 0 saturated heterocycles. The van der Waals surface area contributed by atoms with Crippen LogP contribution in [0.15, 0.2) is 18.5 Å². The summed E-state index contributed by atoms with van der Waals surface area (Å²) in [4.78, 5) is 11.0. The van der Waals surface area contributed by atoms with Gasteiger partial charge in [-0.1, -0.05) is 0 Å². The monoisotopic (exact) mass is 248 g/mol. The van der Waals surface area contributed by atoms with Crippen LogP contribution in [0.1, 0.15) is 36.1 Å². The molecule has 0 aliphatic carbocycles. The molecule has 18 heavy (non-hydrogen) atoms. The van der Waals surface area contributed by atoms with Crippen molar-refractivity contribution in [3.05, 3.63) is 29.8 Å². The number of hydrogen-bond acceptors (Lipinski definition) is 4. The average Bonchev–Trinajstić information content (AvgIpc) is 2.86. The molecule has 0 fully saturated rings. The third-order valence-corrected chi connectivity index (χ3v) is 2.54. The van der Waals surface area contributed by atoms with Gasteiger partial charge in [-0.3, -0.25) is 14.2 Å². The van der Waals surface area contributed by atoms with Crippen LogP contribution in [0.5, 0.6) is 0 Å². The van der Waals surface area contributed by atoms with Crippen molar-refractivity contribution in [3.63, 3.8) is 0 Å². The zero-order valence-electron chi connectivity index (χ0n) is 10.4. The zero-order chi connectivity index (χ0) is 13.3. The fraction of sp³-hybridized carbons (Fsp3) is 0.364. The summed E-state index contributed by atoms with van der Waals surface area (Å²) in [6.45, 7) is 4.55. The Labute approximate surface area is 104 Å². The Balaban J connectivity index is 2.18. The van der Waals surface area contributed by atoms with E-state index in [4.69, 9.17) is 11.5 Å². The molecule has 96 valence electrons. The molecule has 0 aliphatic rings. The minimum Gasteiger partial charge on any atom is -0.396 e. The van der Waals surface area contributed by atoms with Crippen LogP contribution in [0.4, 0.5) is 5.69 Å². The highest BCUT2D eigenvalue weighted by Gasteiger charge is 2.12. The van der Waals surface area contributed by atoms with Crippen molar-refractivity contribution in [3.8, 4) is 0 Å². The maximum absolute atomic E-state index is 11.0. The first-order valence-corrected chi connectivity index (χ1v) is 5.64. The Kier molecular flexibility index (Phi) is 3.05. The highest BCUT2D eigenvalue weighted by molar-refractivity contribution is 5.95. The second-order valence-corrected chi connectivity index (χ2v) is 4.38. The molecule has 0 aromatic carbocycles. The van der Waals surface area contributed by atoms with Gasteiger partial charge in [-0.25, -0.2) is 0 Å². The maximum atomic E-state index is 11.0. The third kappa shape index (κ3) is 2.34. The van der Waals surface area contributed by atoms with Gasteiger partial charge in [0, 0.05) is 18.4 Å². The van der Waals surface area contributed by atoms with Gasteiger partial charge in [0.15, 0.2) is 5.69 Å². The van der Waals surface area contributed by atoms with E-state index >= 15 is 0 Å². The van der Waals surface area contributed by atoms with E-state index in [0.29, 0.717) is 12.6 Å². The highest BCUT2D eigenvalue weighted by atomic mass is 16.1. The normalized spacial score (nSPS) is 11.1. The van der Waals surface area contributed by atoms with Crippen LogP contribution in [0.2, 0.25) is 0 Å². The molecule has 2 aromatic rings. The second-order valence-electron chi connectivity index (χ2n) is 4.38. The van der Waals surface area contributed by atoms with E-state index in [9.17, 15) is 4.79 Å². The first kappa shape index (κ1) is 12.2. The number of primary amides is 1. The second kappa shape index (κ2) is 4.52. The summed E-state index contributed by atoms with van der Waals surface area (Å²) in [6.07, 6.45) is 3.48. The van der Waals surface area contributed by atoms with Gasteiger partial charge in [-0.2, -0.15) is 10.2 Å². The number of rotatable bonds is 4. The van der Waals surface area contributed by atoms with Crippen molar-refractivity contribution in [2.24, 2.45) is 5.73 Å². The van der Waals surface area contributed by atoms with Crippen LogP contribution in [0.25, 0.3) is 0 Å². The van der Waals surface area contributed by atoms with Gasteiger partial charge >= 0.3 is 0 Å². The minimum absolute atomic E-state index is 0.0956. The molecule has 2 rings (SSSR count). The number of carbonyl (C=O) groups excluding carboxylic acids is 1. The van der Waals surface area contributed by atoms with Gasteiger partial charge in [0.25, 0.3) is 5.91 Å². The number of aromatic nitrogens is 4. The average molecular weight is 248 g/mol. The van der Waals surface area contributed by atoms with Crippen molar-refractivity contribution in [1.29, 1.82) is 0 Å². The summed E-state index contributed by atoms with van der Waals surface area (Å²) in [6, 6.07) is 2.21. The Morgan fingerprint density at radius 1 is 1.44 bits per heavy atom. The summed E-state index contributed by atoms with van der Waals surface area (Å²) in [7, 11) is 0. The molecular weight excluding hydrogens is 232 g/mol. The summed E-state index contributed by atoms with van der Waals surface area (Å²) in [5.74, 6) is -0.626. The fourth-order valence-corrected chi connectivity index (χ4v) is 1.62. The number of nitrogen functional groups attached to an aromatic ring is 1. The van der Waals surface area contributed by atoms with E-state index in [-0.39, 0.29) is 11.4 Å². The van der Waals surface area contributed by atoms with E-state index in [1.165, 1.54) is 0 Å². The molecule has 2 aromatic heterocycles. The summed E-state index contributed by atoms with van der Waals surface area (Å²) in [5, 5.41) is 8.41. The molecule has 0 aliphatic heterocycles. The minimum atomic E-state index is -0.626. The Hall–Kier alpha value is -2.31. The highest BCUT2D eigenvalue weighted by Crippen LogP contribution is 2.10. The van der Waals surface area contributed by atoms with E-state index in [2.05, 4.69) is 10.2 Å². The lowest BCUT2D eigenvalue weighted by Gasteiger charge is -2.03. The lowest BCUT2D eigenvalue weighted by Crippen LogP contribution is -2.14. The predicted molar refractivity (Wildman–Crippen MR) is 66.9 cm³/mol. The first-order chi connectivity index (χ1) is 8.47. The molecule has 0 bridgehead atoms. The topological polar surface area (TPSA) is 105 Å². The lowest BCUT2D eigenvalue weighted by atomic mass is 10.4. The Morgan fingerprint density at radius 2 is 2.17 bits per heavy atom. The quantitative estimate of drug-likeness (QED) is 0.816. The summed E-state index contributed by atoms with van der Waals surface area (Å²) < 4.78 is 3.42. The van der Waals surface area contributed by atoms with Crippen molar-refractivity contribution < 1.29 is 4.79 Å². The zero-order valence-corrected chi connectivity index (χ0v) is 10.4. The number of carbonyl (C=O) groups is 1. The van der Waals surface area contributed by atoms with Gasteiger partial charge < -0.3 is 11.5 Å². The van der Waals surface area contributed by atoms with Crippen LogP contribution in [0, 0.1) is 0 Å².